The van der Waals surface area contributed by atoms with Crippen LogP contribution in [0.3, 0.4) is 0 Å². The molecule has 0 spiro atoms. The molecule has 48 heavy (non-hydrogen) atoms. The number of nitrogens with zero attached hydrogens (tertiary/aromatic N) is 3. The van der Waals surface area contributed by atoms with Crippen LogP contribution in [0.2, 0.25) is 0 Å². The van der Waals surface area contributed by atoms with E-state index in [9.17, 15) is 0 Å². The molecule has 5 nitrogen and oxygen atoms in total. The number of hydrogen-bond acceptors (Lipinski definition) is 5. The highest BCUT2D eigenvalue weighted by Crippen LogP contribution is 2.44. The summed E-state index contributed by atoms with van der Waals surface area (Å²) < 4.78 is 13.5. The lowest BCUT2D eigenvalue weighted by atomic mass is 9.31. The van der Waals surface area contributed by atoms with Crippen LogP contribution in [-0.2, 0) is 0 Å². The van der Waals surface area contributed by atoms with Gasteiger partial charge in [0.05, 0.1) is 0 Å². The summed E-state index contributed by atoms with van der Waals surface area (Å²) in [7, 11) is 0. The summed E-state index contributed by atoms with van der Waals surface area (Å²) in [5.74, 6) is 3.54. The van der Waals surface area contributed by atoms with Gasteiger partial charge in [0.25, 0.3) is 13.4 Å². The summed E-state index contributed by atoms with van der Waals surface area (Å²) >= 11 is 0. The van der Waals surface area contributed by atoms with Crippen LogP contribution in [0.4, 0.5) is 34.1 Å². The van der Waals surface area contributed by atoms with Crippen LogP contribution < -0.4 is 52.1 Å². The molecule has 0 amide bonds. The molecule has 0 saturated heterocycles. The molecule has 0 fully saturated rings. The fraction of sp³-hybridized carbons (Fsp3) is 0. The van der Waals surface area contributed by atoms with E-state index in [0.717, 1.165) is 68.0 Å². The largest absolute Gasteiger partial charge is 0.458 e. The van der Waals surface area contributed by atoms with Crippen molar-refractivity contribution in [1.82, 2.24) is 4.98 Å². The molecule has 4 aliphatic rings. The monoisotopic (exact) mass is 613 g/mol. The number of para-hydroxylation sites is 3. The first-order chi connectivity index (χ1) is 23.8. The molecule has 7 aromatic rings. The Balaban J connectivity index is 1.20. The first-order valence-electron chi connectivity index (χ1n) is 16.4. The molecule has 222 valence electrons. The molecule has 0 aliphatic carbocycles. The van der Waals surface area contributed by atoms with Crippen LogP contribution in [0.25, 0.3) is 0 Å². The van der Waals surface area contributed by atoms with E-state index in [-0.39, 0.29) is 13.4 Å². The smallest absolute Gasteiger partial charge is 0.258 e. The number of hydrogen-bond donors (Lipinski definition) is 0. The quantitative estimate of drug-likeness (QED) is 0.228. The number of rotatable bonds is 2. The highest BCUT2D eigenvalue weighted by atomic mass is 16.5. The maximum atomic E-state index is 6.94. The Kier molecular flexibility index (Phi) is 5.22. The molecule has 0 saturated carbocycles. The number of benzene rings is 6. The second kappa shape index (κ2) is 9.66. The molecule has 5 heterocycles. The number of ether oxygens (including phenoxy) is 2. The molecule has 4 aliphatic heterocycles. The maximum absolute atomic E-state index is 6.94. The van der Waals surface area contributed by atoms with Crippen LogP contribution in [0.1, 0.15) is 0 Å². The van der Waals surface area contributed by atoms with Gasteiger partial charge in [-0.2, -0.15) is 0 Å². The highest BCUT2D eigenvalue weighted by molar-refractivity contribution is 7.02. The van der Waals surface area contributed by atoms with Gasteiger partial charge < -0.3 is 19.3 Å². The van der Waals surface area contributed by atoms with Crippen LogP contribution in [0, 0.1) is 0 Å². The first-order valence-corrected chi connectivity index (χ1v) is 16.4. The molecule has 0 N–H and O–H groups in total. The van der Waals surface area contributed by atoms with Gasteiger partial charge in [-0.3, -0.25) is 4.98 Å². The lowest BCUT2D eigenvalue weighted by molar-refractivity contribution is 0.487. The Morgan fingerprint density at radius 2 is 1.00 bits per heavy atom. The van der Waals surface area contributed by atoms with Gasteiger partial charge in [-0.25, -0.2) is 0 Å². The second-order valence-electron chi connectivity index (χ2n) is 12.7. The van der Waals surface area contributed by atoms with E-state index in [2.05, 4.69) is 154 Å². The van der Waals surface area contributed by atoms with Crippen molar-refractivity contribution in [1.29, 1.82) is 0 Å². The van der Waals surface area contributed by atoms with Crippen molar-refractivity contribution in [3.8, 4) is 23.0 Å². The van der Waals surface area contributed by atoms with Crippen LogP contribution >= 0.6 is 0 Å². The number of pyridine rings is 1. The van der Waals surface area contributed by atoms with Gasteiger partial charge >= 0.3 is 0 Å². The van der Waals surface area contributed by atoms with Gasteiger partial charge in [-0.1, -0.05) is 72.8 Å². The number of fused-ring (bicyclic) bond motifs is 8. The minimum Gasteiger partial charge on any atom is -0.458 e. The van der Waals surface area contributed by atoms with Gasteiger partial charge in [0, 0.05) is 52.6 Å². The molecule has 11 rings (SSSR count). The molecule has 0 unspecified atom stereocenters. The van der Waals surface area contributed by atoms with Crippen molar-refractivity contribution < 1.29 is 9.47 Å². The zero-order chi connectivity index (χ0) is 31.3. The van der Waals surface area contributed by atoms with E-state index >= 15 is 0 Å². The van der Waals surface area contributed by atoms with Crippen molar-refractivity contribution >= 4 is 80.3 Å². The maximum Gasteiger partial charge on any atom is 0.258 e. The third-order valence-corrected chi connectivity index (χ3v) is 10.2. The summed E-state index contributed by atoms with van der Waals surface area (Å²) in [4.78, 5) is 9.39. The van der Waals surface area contributed by atoms with Gasteiger partial charge in [0.1, 0.15) is 23.0 Å². The topological polar surface area (TPSA) is 37.8 Å². The van der Waals surface area contributed by atoms with E-state index in [1.54, 1.807) is 0 Å². The molecular formula is C41H25B2N3O2. The van der Waals surface area contributed by atoms with Crippen molar-refractivity contribution in [3.05, 3.63) is 152 Å². The van der Waals surface area contributed by atoms with Crippen molar-refractivity contribution in [2.75, 3.05) is 9.80 Å². The second-order valence-corrected chi connectivity index (χ2v) is 12.7. The van der Waals surface area contributed by atoms with E-state index in [1.807, 2.05) is 12.4 Å². The summed E-state index contributed by atoms with van der Waals surface area (Å²) in [5, 5.41) is 0. The summed E-state index contributed by atoms with van der Waals surface area (Å²) in [5.41, 5.74) is 13.7. The summed E-state index contributed by atoms with van der Waals surface area (Å²) in [6.07, 6.45) is 3.93. The minimum absolute atomic E-state index is 0.00386. The van der Waals surface area contributed by atoms with Gasteiger partial charge in [0.15, 0.2) is 0 Å². The fourth-order valence-corrected chi connectivity index (χ4v) is 8.36. The van der Waals surface area contributed by atoms with Crippen molar-refractivity contribution in [2.24, 2.45) is 0 Å². The van der Waals surface area contributed by atoms with Crippen LogP contribution in [0.5, 0.6) is 23.0 Å². The van der Waals surface area contributed by atoms with E-state index in [4.69, 9.17) is 9.47 Å². The predicted molar refractivity (Wildman–Crippen MR) is 196 cm³/mol. The molecule has 1 aromatic heterocycles. The fourth-order valence-electron chi connectivity index (χ4n) is 8.36. The normalized spacial score (nSPS) is 14.0. The average Bonchev–Trinajstić information content (AvgIpc) is 3.14. The standard InChI is InChI=1S/C41H25B2N3O2/c1-3-11-26(12-4-1)45-32-21-22-44-25-31(32)43-30-23-29-35(24-39(30)48-38-20-9-16-33(45)41(38)43)46(27-13-5-2-6-14-27)34-17-10-19-37-40(34)42(29)28-15-7-8-18-36(28)47-37/h1-25H. The van der Waals surface area contributed by atoms with E-state index in [1.165, 1.54) is 21.9 Å². The SMILES string of the molecule is c1ccc(N2c3ccncc3B3c4cc5c(cc4Oc4cccc2c43)N(c2ccccc2)c2cccc3c2B5c2ccccc2O3)cc1. The summed E-state index contributed by atoms with van der Waals surface area (Å²) in [6, 6.07) is 49.2. The van der Waals surface area contributed by atoms with E-state index in [0.29, 0.717) is 0 Å². The number of aromatic nitrogens is 1. The highest BCUT2D eigenvalue weighted by Gasteiger charge is 2.46. The third kappa shape index (κ3) is 3.45. The average molecular weight is 613 g/mol. The molecule has 0 atom stereocenters. The summed E-state index contributed by atoms with van der Waals surface area (Å²) in [6.45, 7) is -0.0540. The van der Waals surface area contributed by atoms with Crippen LogP contribution in [0.15, 0.2) is 152 Å². The Bertz CT molecular complexity index is 2450. The van der Waals surface area contributed by atoms with Gasteiger partial charge in [0.2, 0.25) is 0 Å². The molecule has 0 bridgehead atoms. The zero-order valence-electron chi connectivity index (χ0n) is 25.7. The predicted octanol–water partition coefficient (Wildman–Crippen LogP) is 5.89. The lowest BCUT2D eigenvalue weighted by Crippen LogP contribution is -2.63. The van der Waals surface area contributed by atoms with Gasteiger partial charge in [-0.15, -0.1) is 0 Å². The first kappa shape index (κ1) is 25.9. The Morgan fingerprint density at radius 1 is 0.417 bits per heavy atom. The van der Waals surface area contributed by atoms with E-state index < -0.39 is 0 Å². The zero-order valence-corrected chi connectivity index (χ0v) is 25.7. The van der Waals surface area contributed by atoms with Gasteiger partial charge in [-0.05, 0) is 93.4 Å². The third-order valence-electron chi connectivity index (χ3n) is 10.2. The Labute approximate surface area is 278 Å². The molecule has 6 aromatic carbocycles. The molecular weight excluding hydrogens is 588 g/mol. The minimum atomic E-state index is -0.0502. The van der Waals surface area contributed by atoms with Crippen LogP contribution in [-0.4, -0.2) is 18.4 Å². The molecule has 7 heteroatoms. The Hall–Kier alpha value is -6.20. The van der Waals surface area contributed by atoms with Crippen molar-refractivity contribution in [2.45, 2.75) is 0 Å². The number of anilines is 6. The Morgan fingerprint density at radius 3 is 1.71 bits per heavy atom. The lowest BCUT2D eigenvalue weighted by Gasteiger charge is -2.42. The molecule has 0 radical (unpaired) electrons. The van der Waals surface area contributed by atoms with Crippen molar-refractivity contribution in [3.63, 3.8) is 0 Å².